The Kier molecular flexibility index (Phi) is 15.2. The summed E-state index contributed by atoms with van der Waals surface area (Å²) in [6, 6.07) is 12.0. The Morgan fingerprint density at radius 3 is 2.48 bits per heavy atom. The number of aromatic nitrogens is 2. The molecule has 1 amide bonds. The molecule has 0 radical (unpaired) electrons. The number of halogens is 2. The average Bonchev–Trinajstić information content (AvgIpc) is 2.94. The Hall–Kier alpha value is -3.56. The van der Waals surface area contributed by atoms with E-state index in [1.807, 2.05) is 24.3 Å². The monoisotopic (exact) mass is 692 g/mol. The molecule has 44 heavy (non-hydrogen) atoms. The summed E-state index contributed by atoms with van der Waals surface area (Å²) in [6.07, 6.45) is 4.65. The van der Waals surface area contributed by atoms with Crippen LogP contribution in [0.15, 0.2) is 70.2 Å². The number of benzene rings is 2. The number of hydrogen-bond donors (Lipinski definition) is 6. The number of carbonyl (C=O) groups is 2. The first-order chi connectivity index (χ1) is 20.8. The normalized spacial score (nSPS) is 11.3. The maximum Gasteiger partial charge on any atom is 0.328 e. The number of carboxylic acids is 1. The lowest BCUT2D eigenvalue weighted by molar-refractivity contribution is -0.131. The maximum atomic E-state index is 14.1. The molecule has 0 aliphatic heterocycles. The van der Waals surface area contributed by atoms with Crippen molar-refractivity contribution in [2.75, 3.05) is 30.4 Å². The SMILES string of the molecule is CC(C)CCOC(C)(C)CNSc1ccc(Nc2ncc(Br)c(Nc3cccc(F)c3C(N)=O)n2)cc1.O=C(O)/C=C/CO. The van der Waals surface area contributed by atoms with E-state index in [1.54, 1.807) is 12.3 Å². The van der Waals surface area contributed by atoms with E-state index >= 15 is 0 Å². The van der Waals surface area contributed by atoms with E-state index < -0.39 is 17.7 Å². The Bertz CT molecular complexity index is 1410. The summed E-state index contributed by atoms with van der Waals surface area (Å²) >= 11 is 4.92. The zero-order chi connectivity index (χ0) is 32.7. The van der Waals surface area contributed by atoms with Gasteiger partial charge in [0.25, 0.3) is 5.91 Å². The first-order valence-electron chi connectivity index (χ1n) is 13.6. The van der Waals surface area contributed by atoms with Gasteiger partial charge in [-0.25, -0.2) is 14.2 Å². The average molecular weight is 694 g/mol. The molecule has 2 aromatic carbocycles. The summed E-state index contributed by atoms with van der Waals surface area (Å²) in [5.41, 5.74) is 5.85. The van der Waals surface area contributed by atoms with Gasteiger partial charge in [-0.1, -0.05) is 26.0 Å². The van der Waals surface area contributed by atoms with Gasteiger partial charge >= 0.3 is 5.97 Å². The van der Waals surface area contributed by atoms with Crippen LogP contribution in [0.4, 0.5) is 27.5 Å². The van der Waals surface area contributed by atoms with Crippen molar-refractivity contribution in [3.8, 4) is 0 Å². The summed E-state index contributed by atoms with van der Waals surface area (Å²) in [4.78, 5) is 31.0. The van der Waals surface area contributed by atoms with Crippen LogP contribution in [0, 0.1) is 11.7 Å². The molecule has 0 bridgehead atoms. The molecule has 7 N–H and O–H groups in total. The number of aliphatic hydroxyl groups is 1. The second kappa shape index (κ2) is 18.3. The lowest BCUT2D eigenvalue weighted by atomic mass is 10.1. The first kappa shape index (κ1) is 36.6. The smallest absolute Gasteiger partial charge is 0.328 e. The summed E-state index contributed by atoms with van der Waals surface area (Å²) < 4.78 is 24.0. The number of nitrogens with one attached hydrogen (secondary N) is 3. The van der Waals surface area contributed by atoms with Gasteiger partial charge in [-0.05, 0) is 90.5 Å². The van der Waals surface area contributed by atoms with Crippen molar-refractivity contribution >= 4 is 62.9 Å². The number of hydrogen-bond acceptors (Lipinski definition) is 10. The van der Waals surface area contributed by atoms with Crippen LogP contribution in [-0.4, -0.2) is 57.4 Å². The molecule has 0 spiro atoms. The number of aliphatic hydroxyl groups excluding tert-OH is 1. The highest BCUT2D eigenvalue weighted by Crippen LogP contribution is 2.28. The Morgan fingerprint density at radius 2 is 1.89 bits per heavy atom. The maximum absolute atomic E-state index is 14.1. The molecule has 238 valence electrons. The molecule has 0 aliphatic carbocycles. The summed E-state index contributed by atoms with van der Waals surface area (Å²) in [5.74, 6) is -1.33. The van der Waals surface area contributed by atoms with Crippen molar-refractivity contribution in [2.45, 2.75) is 44.6 Å². The van der Waals surface area contributed by atoms with Crippen LogP contribution in [0.1, 0.15) is 44.5 Å². The molecule has 0 saturated carbocycles. The molecule has 3 aromatic rings. The predicted octanol–water partition coefficient (Wildman–Crippen LogP) is 6.02. The minimum absolute atomic E-state index is 0.209. The zero-order valence-electron chi connectivity index (χ0n) is 24.9. The van der Waals surface area contributed by atoms with Crippen LogP contribution in [0.2, 0.25) is 0 Å². The number of aliphatic carboxylic acids is 1. The quantitative estimate of drug-likeness (QED) is 0.0812. The van der Waals surface area contributed by atoms with Gasteiger partial charge in [0.05, 0.1) is 27.9 Å². The Morgan fingerprint density at radius 1 is 1.18 bits per heavy atom. The second-order valence-electron chi connectivity index (χ2n) is 10.3. The van der Waals surface area contributed by atoms with Crippen LogP contribution in [0.5, 0.6) is 0 Å². The molecule has 0 atom stereocenters. The number of carboxylic acid groups (broad SMARTS) is 1. The predicted molar refractivity (Wildman–Crippen MR) is 175 cm³/mol. The van der Waals surface area contributed by atoms with Crippen molar-refractivity contribution in [1.29, 1.82) is 0 Å². The fourth-order valence-corrected chi connectivity index (χ4v) is 4.47. The standard InChI is InChI=1S/C26H32BrFN6O2S.C4H6O3/c1-16(2)12-13-36-26(3,4)15-31-37-18-10-8-17(9-11-18)32-25-30-14-19(27)24(34-25)33-21-7-5-6-20(28)22(21)23(29)35;5-3-1-2-4(6)7/h5-11,14,16,31H,12-13,15H2,1-4H3,(H2,29,35)(H2,30,32,33,34);1-2,5H,3H2,(H,6,7)/b;2-1+. The van der Waals surface area contributed by atoms with Gasteiger partial charge in [0.1, 0.15) is 11.6 Å². The van der Waals surface area contributed by atoms with E-state index in [4.69, 9.17) is 20.7 Å². The highest BCUT2D eigenvalue weighted by molar-refractivity contribution is 9.10. The van der Waals surface area contributed by atoms with E-state index in [9.17, 15) is 14.0 Å². The van der Waals surface area contributed by atoms with Crippen LogP contribution >= 0.6 is 27.9 Å². The van der Waals surface area contributed by atoms with Gasteiger partial charge in [0.2, 0.25) is 5.95 Å². The van der Waals surface area contributed by atoms with Crippen molar-refractivity contribution in [2.24, 2.45) is 11.7 Å². The minimum Gasteiger partial charge on any atom is -0.478 e. The Balaban J connectivity index is 0.000000860. The van der Waals surface area contributed by atoms with Crippen molar-refractivity contribution < 1.29 is 28.9 Å². The lowest BCUT2D eigenvalue weighted by Gasteiger charge is -2.26. The number of nitrogens with zero attached hydrogens (tertiary/aromatic N) is 2. The number of ether oxygens (including phenoxy) is 1. The molecule has 0 aliphatic rings. The molecule has 11 nitrogen and oxygen atoms in total. The van der Waals surface area contributed by atoms with Gasteiger partial charge in [-0.15, -0.1) is 0 Å². The van der Waals surface area contributed by atoms with E-state index in [0.717, 1.165) is 35.8 Å². The number of carbonyl (C=O) groups excluding carboxylic acids is 1. The first-order valence-corrected chi connectivity index (χ1v) is 15.2. The summed E-state index contributed by atoms with van der Waals surface area (Å²) in [6.45, 7) is 9.79. The van der Waals surface area contributed by atoms with E-state index in [-0.39, 0.29) is 23.5 Å². The van der Waals surface area contributed by atoms with Crippen LogP contribution < -0.4 is 21.1 Å². The molecular formula is C30H38BrFN6O5S. The second-order valence-corrected chi connectivity index (χ2v) is 12.1. The van der Waals surface area contributed by atoms with Gasteiger partial charge in [-0.2, -0.15) is 4.98 Å². The van der Waals surface area contributed by atoms with Crippen LogP contribution in [0.25, 0.3) is 0 Å². The van der Waals surface area contributed by atoms with Gasteiger partial charge < -0.3 is 31.3 Å². The highest BCUT2D eigenvalue weighted by atomic mass is 79.9. The van der Waals surface area contributed by atoms with E-state index in [1.165, 1.54) is 24.1 Å². The number of nitrogens with two attached hydrogens (primary N) is 1. The van der Waals surface area contributed by atoms with Crippen molar-refractivity contribution in [3.05, 3.63) is 76.7 Å². The van der Waals surface area contributed by atoms with E-state index in [2.05, 4.69) is 68.9 Å². The van der Waals surface area contributed by atoms with Gasteiger partial charge in [0.15, 0.2) is 0 Å². The van der Waals surface area contributed by atoms with Crippen LogP contribution in [-0.2, 0) is 9.53 Å². The third-order valence-corrected chi connectivity index (χ3v) is 6.99. The molecule has 14 heteroatoms. The highest BCUT2D eigenvalue weighted by Gasteiger charge is 2.18. The largest absolute Gasteiger partial charge is 0.478 e. The van der Waals surface area contributed by atoms with Gasteiger partial charge in [0, 0.05) is 36.0 Å². The van der Waals surface area contributed by atoms with Crippen molar-refractivity contribution in [1.82, 2.24) is 14.7 Å². The molecule has 1 aromatic heterocycles. The number of primary amides is 1. The molecule has 1 heterocycles. The number of rotatable bonds is 15. The molecule has 0 fully saturated rings. The van der Waals surface area contributed by atoms with E-state index in [0.29, 0.717) is 28.7 Å². The fraction of sp³-hybridized carbons (Fsp3) is 0.333. The zero-order valence-corrected chi connectivity index (χ0v) is 27.3. The minimum atomic E-state index is -1.03. The third-order valence-electron chi connectivity index (χ3n) is 5.61. The van der Waals surface area contributed by atoms with Gasteiger partial charge in [-0.3, -0.25) is 9.52 Å². The summed E-state index contributed by atoms with van der Waals surface area (Å²) in [7, 11) is 0. The molecular weight excluding hydrogens is 655 g/mol. The lowest BCUT2D eigenvalue weighted by Crippen LogP contribution is -2.35. The molecule has 0 unspecified atom stereocenters. The van der Waals surface area contributed by atoms with Crippen molar-refractivity contribution in [3.63, 3.8) is 0 Å². The summed E-state index contributed by atoms with van der Waals surface area (Å²) in [5, 5.41) is 21.9. The fourth-order valence-electron chi connectivity index (χ4n) is 3.33. The Labute approximate surface area is 269 Å². The molecule has 0 saturated heterocycles. The molecule has 3 rings (SSSR count). The topological polar surface area (TPSA) is 172 Å². The van der Waals surface area contributed by atoms with Crippen LogP contribution in [0.3, 0.4) is 0 Å². The number of anilines is 4. The third kappa shape index (κ3) is 13.4. The number of amides is 1.